The third-order valence-corrected chi connectivity index (χ3v) is 5.61. The molecule has 0 heterocycles. The molecule has 1 aromatic rings. The van der Waals surface area contributed by atoms with Gasteiger partial charge in [0.15, 0.2) is 5.96 Å². The molecule has 0 aromatic heterocycles. The molecular weight excluding hydrogens is 393 g/mol. The monoisotopic (exact) mass is 417 g/mol. The number of nitrogens with zero attached hydrogens (tertiary/aromatic N) is 1. The maximum Gasteiger partial charge on any atom is 0.188 e. The van der Waals surface area contributed by atoms with Gasteiger partial charge < -0.3 is 11.1 Å². The number of rotatable bonds is 5. The van der Waals surface area contributed by atoms with E-state index in [9.17, 15) is 0 Å². The summed E-state index contributed by atoms with van der Waals surface area (Å²) in [7, 11) is 0. The third kappa shape index (κ3) is 5.06. The molecule has 2 saturated carbocycles. The van der Waals surface area contributed by atoms with Crippen LogP contribution in [0.5, 0.6) is 0 Å². The second-order valence-electron chi connectivity index (χ2n) is 5.93. The topological polar surface area (TPSA) is 50.4 Å². The van der Waals surface area contributed by atoms with E-state index < -0.39 is 0 Å². The zero-order valence-electron chi connectivity index (χ0n) is 12.3. The Morgan fingerprint density at radius 3 is 2.52 bits per heavy atom. The Morgan fingerprint density at radius 1 is 1.24 bits per heavy atom. The molecule has 0 aliphatic heterocycles. The molecular formula is C16H24IN3S. The van der Waals surface area contributed by atoms with E-state index in [1.807, 2.05) is 11.8 Å². The maximum atomic E-state index is 6.01. The van der Waals surface area contributed by atoms with Gasteiger partial charge in [0.1, 0.15) is 0 Å². The minimum atomic E-state index is 0. The molecule has 0 radical (unpaired) electrons. The lowest BCUT2D eigenvalue weighted by molar-refractivity contribution is 0.625. The fraction of sp³-hybridized carbons (Fsp3) is 0.562. The minimum Gasteiger partial charge on any atom is -0.370 e. The van der Waals surface area contributed by atoms with Gasteiger partial charge in [-0.15, -0.1) is 35.7 Å². The number of guanidine groups is 1. The van der Waals surface area contributed by atoms with E-state index in [-0.39, 0.29) is 24.0 Å². The number of hydrogen-bond acceptors (Lipinski definition) is 2. The average Bonchev–Trinajstić information content (AvgIpc) is 3.03. The van der Waals surface area contributed by atoms with E-state index in [1.54, 1.807) is 0 Å². The minimum absolute atomic E-state index is 0. The number of aliphatic imine (C=N–C) groups is 1. The quantitative estimate of drug-likeness (QED) is 0.436. The molecule has 3 N–H and O–H groups in total. The van der Waals surface area contributed by atoms with Crippen LogP contribution in [0.2, 0.25) is 0 Å². The summed E-state index contributed by atoms with van der Waals surface area (Å²) in [5.74, 6) is 0.636. The van der Waals surface area contributed by atoms with E-state index in [2.05, 4.69) is 40.6 Å². The molecule has 0 unspecified atom stereocenters. The smallest absolute Gasteiger partial charge is 0.188 e. The zero-order valence-corrected chi connectivity index (χ0v) is 15.4. The van der Waals surface area contributed by atoms with Crippen molar-refractivity contribution in [1.29, 1.82) is 0 Å². The largest absolute Gasteiger partial charge is 0.370 e. The summed E-state index contributed by atoms with van der Waals surface area (Å²) >= 11 is 1.95. The highest BCUT2D eigenvalue weighted by Gasteiger charge is 2.43. The molecule has 2 fully saturated rings. The summed E-state index contributed by atoms with van der Waals surface area (Å²) in [4.78, 5) is 5.92. The number of nitrogens with one attached hydrogen (secondary N) is 1. The van der Waals surface area contributed by atoms with Gasteiger partial charge in [-0.05, 0) is 37.8 Å². The molecule has 21 heavy (non-hydrogen) atoms. The van der Waals surface area contributed by atoms with Crippen LogP contribution in [0.4, 0.5) is 0 Å². The molecule has 0 bridgehead atoms. The number of halogens is 1. The van der Waals surface area contributed by atoms with Crippen LogP contribution in [-0.2, 0) is 0 Å². The predicted molar refractivity (Wildman–Crippen MR) is 102 cm³/mol. The second-order valence-corrected chi connectivity index (χ2v) is 7.47. The lowest BCUT2D eigenvalue weighted by Crippen LogP contribution is -2.39. The first-order valence-corrected chi connectivity index (χ1v) is 8.38. The van der Waals surface area contributed by atoms with Crippen molar-refractivity contribution in [2.45, 2.75) is 54.2 Å². The van der Waals surface area contributed by atoms with E-state index in [0.29, 0.717) is 16.7 Å². The third-order valence-electron chi connectivity index (χ3n) is 4.13. The van der Waals surface area contributed by atoms with Gasteiger partial charge in [0.2, 0.25) is 0 Å². The van der Waals surface area contributed by atoms with Crippen LogP contribution in [0.25, 0.3) is 0 Å². The van der Waals surface area contributed by atoms with Crippen molar-refractivity contribution in [1.82, 2.24) is 5.32 Å². The van der Waals surface area contributed by atoms with Crippen LogP contribution in [0.1, 0.15) is 38.5 Å². The van der Waals surface area contributed by atoms with Gasteiger partial charge in [-0.3, -0.25) is 4.99 Å². The lowest BCUT2D eigenvalue weighted by Gasteiger charge is -2.15. The second kappa shape index (κ2) is 7.72. The Balaban J connectivity index is 0.00000161. The van der Waals surface area contributed by atoms with Crippen molar-refractivity contribution in [3.8, 4) is 0 Å². The van der Waals surface area contributed by atoms with E-state index in [1.165, 1.54) is 43.4 Å². The van der Waals surface area contributed by atoms with E-state index in [0.717, 1.165) is 6.54 Å². The highest BCUT2D eigenvalue weighted by atomic mass is 127. The summed E-state index contributed by atoms with van der Waals surface area (Å²) < 4.78 is 0.295. The van der Waals surface area contributed by atoms with Gasteiger partial charge in [0.05, 0.1) is 6.54 Å². The maximum absolute atomic E-state index is 6.01. The number of benzene rings is 1. The first-order chi connectivity index (χ1) is 9.76. The molecule has 0 spiro atoms. The van der Waals surface area contributed by atoms with E-state index in [4.69, 9.17) is 5.73 Å². The molecule has 2 aliphatic rings. The van der Waals surface area contributed by atoms with Crippen LogP contribution >= 0.6 is 35.7 Å². The summed E-state index contributed by atoms with van der Waals surface area (Å²) in [6, 6.07) is 11.2. The highest BCUT2D eigenvalue weighted by Crippen LogP contribution is 2.51. The van der Waals surface area contributed by atoms with Gasteiger partial charge in [-0.25, -0.2) is 0 Å². The molecule has 116 valence electrons. The van der Waals surface area contributed by atoms with Crippen LogP contribution in [-0.4, -0.2) is 23.3 Å². The van der Waals surface area contributed by atoms with Crippen molar-refractivity contribution in [3.05, 3.63) is 30.3 Å². The number of thioether (sulfide) groups is 1. The summed E-state index contributed by atoms with van der Waals surface area (Å²) in [6.45, 7) is 0.831. The molecule has 3 nitrogen and oxygen atoms in total. The van der Waals surface area contributed by atoms with Gasteiger partial charge in [-0.1, -0.05) is 31.0 Å². The highest BCUT2D eigenvalue weighted by molar-refractivity contribution is 14.0. The van der Waals surface area contributed by atoms with E-state index >= 15 is 0 Å². The van der Waals surface area contributed by atoms with Gasteiger partial charge in [0, 0.05) is 15.7 Å². The normalized spacial score (nSPS) is 20.9. The van der Waals surface area contributed by atoms with Crippen LogP contribution in [0, 0.1) is 0 Å². The van der Waals surface area contributed by atoms with Crippen molar-refractivity contribution in [3.63, 3.8) is 0 Å². The Kier molecular flexibility index (Phi) is 6.22. The fourth-order valence-corrected chi connectivity index (χ4v) is 3.95. The Hall–Kier alpha value is -0.430. The Morgan fingerprint density at radius 2 is 1.90 bits per heavy atom. The molecule has 0 amide bonds. The number of nitrogens with two attached hydrogens (primary N) is 1. The standard InChI is InChI=1S/C16H23N3S.HI/c17-15(19-13-6-4-5-7-13)18-12-16(10-11-16)20-14-8-2-1-3-9-14;/h1-3,8-9,13H,4-7,10-12H2,(H3,17,18,19);1H. The summed E-state index contributed by atoms with van der Waals surface area (Å²) in [5, 5.41) is 3.36. The molecule has 0 saturated heterocycles. The molecule has 5 heteroatoms. The van der Waals surface area contributed by atoms with Crippen molar-refractivity contribution in [2.75, 3.05) is 6.54 Å². The SMILES string of the molecule is I.NC(=NCC1(Sc2ccccc2)CC1)NC1CCCC1. The van der Waals surface area contributed by atoms with Crippen molar-refractivity contribution >= 4 is 41.7 Å². The van der Waals surface area contributed by atoms with Crippen molar-refractivity contribution < 1.29 is 0 Å². The van der Waals surface area contributed by atoms with Gasteiger partial charge in [0.25, 0.3) is 0 Å². The summed E-state index contributed by atoms with van der Waals surface area (Å²) in [5.41, 5.74) is 6.01. The van der Waals surface area contributed by atoms with Crippen molar-refractivity contribution in [2.24, 2.45) is 10.7 Å². The van der Waals surface area contributed by atoms with Gasteiger partial charge >= 0.3 is 0 Å². The van der Waals surface area contributed by atoms with Gasteiger partial charge in [-0.2, -0.15) is 0 Å². The fourth-order valence-electron chi connectivity index (χ4n) is 2.72. The van der Waals surface area contributed by atoms with Crippen LogP contribution < -0.4 is 11.1 Å². The Labute approximate surface area is 148 Å². The zero-order chi connectivity index (χ0) is 13.8. The average molecular weight is 417 g/mol. The molecule has 1 aromatic carbocycles. The predicted octanol–water partition coefficient (Wildman–Crippen LogP) is 3.78. The molecule has 3 rings (SSSR count). The first kappa shape index (κ1) is 16.9. The van der Waals surface area contributed by atoms with Crippen LogP contribution in [0.15, 0.2) is 40.2 Å². The molecule has 2 aliphatic carbocycles. The Bertz CT molecular complexity index is 468. The lowest BCUT2D eigenvalue weighted by atomic mass is 10.2. The number of hydrogen-bond donors (Lipinski definition) is 2. The molecule has 0 atom stereocenters. The summed E-state index contributed by atoms with van der Waals surface area (Å²) in [6.07, 6.45) is 7.59. The van der Waals surface area contributed by atoms with Crippen LogP contribution in [0.3, 0.4) is 0 Å². The first-order valence-electron chi connectivity index (χ1n) is 7.56.